The SMILES string of the molecule is C/C=C\C/C(C)=C\C. The van der Waals surface area contributed by atoms with E-state index in [-0.39, 0.29) is 0 Å². The third kappa shape index (κ3) is 3.66. The lowest BCUT2D eigenvalue weighted by atomic mass is 10.2. The molecule has 0 saturated heterocycles. The highest BCUT2D eigenvalue weighted by Gasteiger charge is 1.77. The second-order valence-electron chi connectivity index (χ2n) is 1.91. The quantitative estimate of drug-likeness (QED) is 0.479. The molecule has 0 aromatic carbocycles. The minimum absolute atomic E-state index is 1.10. The van der Waals surface area contributed by atoms with Crippen LogP contribution in [0.5, 0.6) is 0 Å². The van der Waals surface area contributed by atoms with Gasteiger partial charge in [0.2, 0.25) is 0 Å². The maximum absolute atomic E-state index is 2.16. The van der Waals surface area contributed by atoms with Gasteiger partial charge in [0.1, 0.15) is 0 Å². The Kier molecular flexibility index (Phi) is 4.33. The molecule has 0 fully saturated rings. The Morgan fingerprint density at radius 1 is 1.38 bits per heavy atom. The molecule has 0 nitrogen and oxygen atoms in total. The molecule has 0 heterocycles. The lowest BCUT2D eigenvalue weighted by Crippen LogP contribution is -1.67. The first-order valence-electron chi connectivity index (χ1n) is 3.04. The van der Waals surface area contributed by atoms with Crippen molar-refractivity contribution in [1.29, 1.82) is 0 Å². The standard InChI is InChI=1S/C8H14/c1-4-6-7-8(3)5-2/h4-6H,7H2,1-3H3/b6-4-,8-5-. The van der Waals surface area contributed by atoms with E-state index in [9.17, 15) is 0 Å². The van der Waals surface area contributed by atoms with Crippen LogP contribution in [0.25, 0.3) is 0 Å². The minimum atomic E-state index is 1.10. The first-order chi connectivity index (χ1) is 3.81. The van der Waals surface area contributed by atoms with Crippen LogP contribution >= 0.6 is 0 Å². The smallest absolute Gasteiger partial charge is 0.0142 e. The van der Waals surface area contributed by atoms with Gasteiger partial charge >= 0.3 is 0 Å². The van der Waals surface area contributed by atoms with Gasteiger partial charge in [-0.25, -0.2) is 0 Å². The van der Waals surface area contributed by atoms with Gasteiger partial charge in [-0.2, -0.15) is 0 Å². The molecule has 0 aromatic heterocycles. The molecule has 0 amide bonds. The summed E-state index contributed by atoms with van der Waals surface area (Å²) in [4.78, 5) is 0. The second-order valence-corrected chi connectivity index (χ2v) is 1.91. The van der Waals surface area contributed by atoms with Crippen LogP contribution < -0.4 is 0 Å². The van der Waals surface area contributed by atoms with Crippen molar-refractivity contribution in [1.82, 2.24) is 0 Å². The summed E-state index contributed by atoms with van der Waals surface area (Å²) >= 11 is 0. The highest BCUT2D eigenvalue weighted by molar-refractivity contribution is 5.01. The van der Waals surface area contributed by atoms with E-state index in [1.165, 1.54) is 5.57 Å². The van der Waals surface area contributed by atoms with E-state index < -0.39 is 0 Å². The van der Waals surface area contributed by atoms with Gasteiger partial charge in [0.25, 0.3) is 0 Å². The minimum Gasteiger partial charge on any atom is -0.0913 e. The van der Waals surface area contributed by atoms with Gasteiger partial charge in [0, 0.05) is 0 Å². The van der Waals surface area contributed by atoms with Crippen LogP contribution in [-0.2, 0) is 0 Å². The highest BCUT2D eigenvalue weighted by atomic mass is 13.8. The van der Waals surface area contributed by atoms with Crippen molar-refractivity contribution >= 4 is 0 Å². The molecule has 0 radical (unpaired) electrons. The fourth-order valence-corrected chi connectivity index (χ4v) is 0.422. The van der Waals surface area contributed by atoms with Crippen LogP contribution in [0, 0.1) is 0 Å². The topological polar surface area (TPSA) is 0 Å². The second kappa shape index (κ2) is 4.63. The van der Waals surface area contributed by atoms with Gasteiger partial charge < -0.3 is 0 Å². The number of hydrogen-bond donors (Lipinski definition) is 0. The Hall–Kier alpha value is -0.520. The van der Waals surface area contributed by atoms with E-state index in [1.807, 2.05) is 6.92 Å². The Morgan fingerprint density at radius 3 is 2.38 bits per heavy atom. The maximum Gasteiger partial charge on any atom is -0.0142 e. The summed E-state index contributed by atoms with van der Waals surface area (Å²) in [6.07, 6.45) is 7.48. The fraction of sp³-hybridized carbons (Fsp3) is 0.500. The zero-order chi connectivity index (χ0) is 6.41. The summed E-state index contributed by atoms with van der Waals surface area (Å²) in [5, 5.41) is 0. The van der Waals surface area contributed by atoms with Crippen molar-refractivity contribution < 1.29 is 0 Å². The van der Waals surface area contributed by atoms with E-state index in [1.54, 1.807) is 0 Å². The summed E-state index contributed by atoms with van der Waals surface area (Å²) in [5.74, 6) is 0. The third-order valence-corrected chi connectivity index (χ3v) is 1.17. The van der Waals surface area contributed by atoms with Gasteiger partial charge in [0.05, 0.1) is 0 Å². The molecule has 0 bridgehead atoms. The molecule has 0 unspecified atom stereocenters. The van der Waals surface area contributed by atoms with Crippen molar-refractivity contribution in [2.24, 2.45) is 0 Å². The molecule has 0 saturated carbocycles. The van der Waals surface area contributed by atoms with Crippen LogP contribution in [-0.4, -0.2) is 0 Å². The first kappa shape index (κ1) is 7.48. The van der Waals surface area contributed by atoms with E-state index in [2.05, 4.69) is 32.1 Å². The monoisotopic (exact) mass is 110 g/mol. The summed E-state index contributed by atoms with van der Waals surface area (Å²) in [5.41, 5.74) is 1.43. The van der Waals surface area contributed by atoms with Gasteiger partial charge in [0.15, 0.2) is 0 Å². The summed E-state index contributed by atoms with van der Waals surface area (Å²) in [6, 6.07) is 0. The molecule has 0 rings (SSSR count). The van der Waals surface area contributed by atoms with Crippen LogP contribution in [0.2, 0.25) is 0 Å². The number of hydrogen-bond acceptors (Lipinski definition) is 0. The predicted octanol–water partition coefficient (Wildman–Crippen LogP) is 2.92. The molecule has 0 aromatic rings. The number of allylic oxidation sites excluding steroid dienone is 4. The van der Waals surface area contributed by atoms with Gasteiger partial charge in [-0.05, 0) is 27.2 Å². The fourth-order valence-electron chi connectivity index (χ4n) is 0.422. The Bertz CT molecular complexity index is 96.6. The van der Waals surface area contributed by atoms with E-state index in [0.717, 1.165) is 6.42 Å². The van der Waals surface area contributed by atoms with Crippen LogP contribution in [0.15, 0.2) is 23.8 Å². The number of rotatable bonds is 2. The summed E-state index contributed by atoms with van der Waals surface area (Å²) < 4.78 is 0. The van der Waals surface area contributed by atoms with E-state index in [4.69, 9.17) is 0 Å². The molecule has 0 aliphatic rings. The molecule has 8 heavy (non-hydrogen) atoms. The molecule has 46 valence electrons. The Morgan fingerprint density at radius 2 is 2.00 bits per heavy atom. The van der Waals surface area contributed by atoms with Crippen LogP contribution in [0.4, 0.5) is 0 Å². The molecular weight excluding hydrogens is 96.1 g/mol. The largest absolute Gasteiger partial charge is 0.0913 e. The van der Waals surface area contributed by atoms with E-state index >= 15 is 0 Å². The normalized spacial score (nSPS) is 13.1. The van der Waals surface area contributed by atoms with Crippen molar-refractivity contribution in [2.75, 3.05) is 0 Å². The molecule has 0 N–H and O–H groups in total. The van der Waals surface area contributed by atoms with Crippen molar-refractivity contribution in [2.45, 2.75) is 27.2 Å². The van der Waals surface area contributed by atoms with Crippen LogP contribution in [0.3, 0.4) is 0 Å². The predicted molar refractivity (Wildman–Crippen MR) is 38.9 cm³/mol. The van der Waals surface area contributed by atoms with Gasteiger partial charge in [-0.1, -0.05) is 23.8 Å². The molecule has 0 atom stereocenters. The zero-order valence-electron chi connectivity index (χ0n) is 5.94. The summed E-state index contributed by atoms with van der Waals surface area (Å²) in [6.45, 7) is 6.25. The molecule has 0 aliphatic carbocycles. The van der Waals surface area contributed by atoms with E-state index in [0.29, 0.717) is 0 Å². The average Bonchev–Trinajstić information content (AvgIpc) is 1.83. The Balaban J connectivity index is 3.40. The van der Waals surface area contributed by atoms with Crippen molar-refractivity contribution in [3.63, 3.8) is 0 Å². The molecule has 0 spiro atoms. The molecular formula is C8H14. The van der Waals surface area contributed by atoms with Gasteiger partial charge in [-0.15, -0.1) is 0 Å². The van der Waals surface area contributed by atoms with Crippen molar-refractivity contribution in [3.05, 3.63) is 23.8 Å². The lowest BCUT2D eigenvalue weighted by Gasteiger charge is -1.88. The van der Waals surface area contributed by atoms with Crippen LogP contribution in [0.1, 0.15) is 27.2 Å². The molecule has 0 heteroatoms. The lowest BCUT2D eigenvalue weighted by molar-refractivity contribution is 1.19. The Labute approximate surface area is 51.9 Å². The third-order valence-electron chi connectivity index (χ3n) is 1.17. The van der Waals surface area contributed by atoms with Gasteiger partial charge in [-0.3, -0.25) is 0 Å². The summed E-state index contributed by atoms with van der Waals surface area (Å²) in [7, 11) is 0. The maximum atomic E-state index is 2.16. The molecule has 0 aliphatic heterocycles. The van der Waals surface area contributed by atoms with Crippen molar-refractivity contribution in [3.8, 4) is 0 Å². The average molecular weight is 110 g/mol. The highest BCUT2D eigenvalue weighted by Crippen LogP contribution is 1.98. The first-order valence-corrected chi connectivity index (χ1v) is 3.04. The zero-order valence-corrected chi connectivity index (χ0v) is 5.94.